The van der Waals surface area contributed by atoms with Gasteiger partial charge < -0.3 is 24.8 Å². The molecule has 0 N–H and O–H groups in total. The summed E-state index contributed by atoms with van der Waals surface area (Å²) in [4.78, 5) is 0. The molecule has 3 aliphatic rings. The van der Waals surface area contributed by atoms with E-state index in [-0.39, 0.29) is 24.8 Å². The second kappa shape index (κ2) is 9.24. The van der Waals surface area contributed by atoms with E-state index in [9.17, 15) is 0 Å². The molecule has 0 nitrogen and oxygen atoms in total. The summed E-state index contributed by atoms with van der Waals surface area (Å²) in [5, 5.41) is 5.64. The largest absolute Gasteiger partial charge is 1.00 e. The predicted molar refractivity (Wildman–Crippen MR) is 140 cm³/mol. The first-order chi connectivity index (χ1) is 16.2. The minimum Gasteiger partial charge on any atom is -1.00 e. The van der Waals surface area contributed by atoms with Crippen molar-refractivity contribution in [3.05, 3.63) is 106 Å². The van der Waals surface area contributed by atoms with Gasteiger partial charge in [-0.2, -0.15) is 0 Å². The number of hydrogen-bond acceptors (Lipinski definition) is 0. The SMILES string of the molecule is CC1=Cc2c(ccc3ccccc23)[CH]1[Ti+2]1([CH]2C(C)=Cc3c2ccc2ccccc32)[CH2]CC[CH2]1.[Cl-].[Cl-]. The molecule has 1 fully saturated rings. The maximum absolute atomic E-state index is 2.56. The summed E-state index contributed by atoms with van der Waals surface area (Å²) in [7, 11) is 0. The Hall–Kier alpha value is -1.83. The van der Waals surface area contributed by atoms with Crippen molar-refractivity contribution in [2.75, 3.05) is 0 Å². The van der Waals surface area contributed by atoms with Crippen molar-refractivity contribution >= 4 is 33.7 Å². The van der Waals surface area contributed by atoms with Crippen LogP contribution in [0.4, 0.5) is 0 Å². The van der Waals surface area contributed by atoms with Crippen molar-refractivity contribution in [1.82, 2.24) is 0 Å². The Kier molecular flexibility index (Phi) is 6.56. The standard InChI is InChI=1S/2C14H11.C4H8.2ClH.Ti/c2*1-10-8-12-7-6-11-4-2-3-5-13(11)14(12)9-10;1-3-4-2;;;/h2*2-9H,1H3;1-4H2;2*1H;/q;;;;;+2/p-2. The molecule has 3 heteroatoms. The fourth-order valence-corrected chi connectivity index (χ4v) is 19.2. The van der Waals surface area contributed by atoms with Gasteiger partial charge in [-0.15, -0.1) is 0 Å². The first kappa shape index (κ1) is 24.9. The zero-order valence-electron chi connectivity index (χ0n) is 20.3. The average molecular weight is 533 g/mol. The van der Waals surface area contributed by atoms with Crippen molar-refractivity contribution in [2.24, 2.45) is 0 Å². The molecule has 4 aromatic rings. The maximum Gasteiger partial charge on any atom is -1.00 e. The van der Waals surface area contributed by atoms with Gasteiger partial charge in [-0.1, -0.05) is 0 Å². The smallest absolute Gasteiger partial charge is 1.00 e. The van der Waals surface area contributed by atoms with Crippen LogP contribution in [0.5, 0.6) is 0 Å². The molecule has 0 amide bonds. The third-order valence-corrected chi connectivity index (χ3v) is 19.0. The van der Waals surface area contributed by atoms with Crippen LogP contribution in [0, 0.1) is 0 Å². The van der Waals surface area contributed by atoms with E-state index < -0.39 is 16.6 Å². The molecule has 0 saturated carbocycles. The number of halogens is 2. The van der Waals surface area contributed by atoms with Crippen molar-refractivity contribution < 1.29 is 41.4 Å². The Labute approximate surface area is 224 Å². The van der Waals surface area contributed by atoms with E-state index in [1.807, 2.05) is 0 Å². The predicted octanol–water partition coefficient (Wildman–Crippen LogP) is 3.40. The van der Waals surface area contributed by atoms with E-state index in [1.54, 1.807) is 22.3 Å². The van der Waals surface area contributed by atoms with Crippen LogP contribution < -0.4 is 24.8 Å². The molecule has 0 spiro atoms. The van der Waals surface area contributed by atoms with Gasteiger partial charge in [-0.3, -0.25) is 0 Å². The Morgan fingerprint density at radius 1 is 0.571 bits per heavy atom. The van der Waals surface area contributed by atoms with E-state index in [1.165, 1.54) is 55.0 Å². The van der Waals surface area contributed by atoms with Gasteiger partial charge in [-0.05, 0) is 0 Å². The van der Waals surface area contributed by atoms with Crippen molar-refractivity contribution in [1.29, 1.82) is 0 Å². The summed E-state index contributed by atoms with van der Waals surface area (Å²) in [6.45, 7) is 4.89. The summed E-state index contributed by atoms with van der Waals surface area (Å²) in [5.74, 6) is 0. The molecule has 1 heterocycles. The summed E-state index contributed by atoms with van der Waals surface area (Å²) in [6.07, 6.45) is 7.98. The summed E-state index contributed by atoms with van der Waals surface area (Å²) in [5.41, 5.74) is 9.62. The van der Waals surface area contributed by atoms with Gasteiger partial charge >= 0.3 is 201 Å². The molecule has 176 valence electrons. The Morgan fingerprint density at radius 3 is 1.46 bits per heavy atom. The Balaban J connectivity index is 0.00000127. The van der Waals surface area contributed by atoms with E-state index in [4.69, 9.17) is 0 Å². The normalized spacial score (nSPS) is 20.7. The molecule has 2 atom stereocenters. The maximum atomic E-state index is 2.56. The molecular formula is C32H30Cl2Ti. The van der Waals surface area contributed by atoms with Crippen molar-refractivity contribution in [3.63, 3.8) is 0 Å². The second-order valence-corrected chi connectivity index (χ2v) is 17.9. The van der Waals surface area contributed by atoms with Crippen LogP contribution in [-0.4, -0.2) is 0 Å². The summed E-state index contributed by atoms with van der Waals surface area (Å²) >= 11 is -2.40. The van der Waals surface area contributed by atoms with E-state index in [0.29, 0.717) is 8.45 Å². The molecule has 2 aliphatic carbocycles. The van der Waals surface area contributed by atoms with E-state index >= 15 is 0 Å². The molecule has 2 unspecified atom stereocenters. The van der Waals surface area contributed by atoms with Crippen LogP contribution in [0.3, 0.4) is 0 Å². The van der Waals surface area contributed by atoms with E-state index in [2.05, 4.69) is 98.8 Å². The van der Waals surface area contributed by atoms with Gasteiger partial charge in [0.15, 0.2) is 0 Å². The zero-order valence-corrected chi connectivity index (χ0v) is 23.4. The quantitative estimate of drug-likeness (QED) is 0.347. The van der Waals surface area contributed by atoms with Crippen LogP contribution in [-0.2, 0) is 16.6 Å². The topological polar surface area (TPSA) is 0 Å². The second-order valence-electron chi connectivity index (χ2n) is 10.7. The van der Waals surface area contributed by atoms with Gasteiger partial charge in [0.1, 0.15) is 0 Å². The Bertz CT molecular complexity index is 1400. The fraction of sp³-hybridized carbons (Fsp3) is 0.250. The summed E-state index contributed by atoms with van der Waals surface area (Å²) in [6, 6.07) is 27.7. The third kappa shape index (κ3) is 3.52. The molecule has 0 aromatic heterocycles. The number of benzene rings is 4. The molecular weight excluding hydrogens is 503 g/mol. The number of fused-ring (bicyclic) bond motifs is 6. The Morgan fingerprint density at radius 2 is 1.00 bits per heavy atom. The monoisotopic (exact) mass is 532 g/mol. The van der Waals surface area contributed by atoms with Gasteiger partial charge in [-0.25, -0.2) is 0 Å². The first-order valence-corrected chi connectivity index (χ1v) is 16.6. The minimum atomic E-state index is -2.40. The van der Waals surface area contributed by atoms with Gasteiger partial charge in [0, 0.05) is 0 Å². The summed E-state index contributed by atoms with van der Waals surface area (Å²) < 4.78 is 4.39. The van der Waals surface area contributed by atoms with Gasteiger partial charge in [0.25, 0.3) is 0 Å². The molecule has 0 radical (unpaired) electrons. The minimum absolute atomic E-state index is 0. The van der Waals surface area contributed by atoms with Crippen molar-refractivity contribution in [3.8, 4) is 0 Å². The molecule has 1 saturated heterocycles. The fourth-order valence-electron chi connectivity index (χ4n) is 7.87. The van der Waals surface area contributed by atoms with Gasteiger partial charge in [0.2, 0.25) is 0 Å². The number of hydrogen-bond donors (Lipinski definition) is 0. The van der Waals surface area contributed by atoms with Crippen LogP contribution in [0.25, 0.3) is 33.7 Å². The van der Waals surface area contributed by atoms with Crippen LogP contribution >= 0.6 is 0 Å². The molecule has 7 rings (SSSR count). The van der Waals surface area contributed by atoms with Crippen LogP contribution in [0.2, 0.25) is 9.45 Å². The van der Waals surface area contributed by atoms with Crippen LogP contribution in [0.15, 0.2) is 83.9 Å². The molecule has 1 aliphatic heterocycles. The van der Waals surface area contributed by atoms with E-state index in [0.717, 1.165) is 0 Å². The van der Waals surface area contributed by atoms with Gasteiger partial charge in [0.05, 0.1) is 0 Å². The third-order valence-electron chi connectivity index (χ3n) is 8.97. The molecule has 4 aromatic carbocycles. The zero-order chi connectivity index (χ0) is 22.2. The molecule has 0 bridgehead atoms. The number of rotatable bonds is 2. The van der Waals surface area contributed by atoms with Crippen LogP contribution in [0.1, 0.15) is 57.4 Å². The number of allylic oxidation sites excluding steroid dienone is 2. The van der Waals surface area contributed by atoms with Crippen molar-refractivity contribution in [2.45, 2.75) is 44.6 Å². The first-order valence-electron chi connectivity index (χ1n) is 12.6. The molecule has 35 heavy (non-hydrogen) atoms. The average Bonchev–Trinajstić information content (AvgIpc) is 3.54.